The van der Waals surface area contributed by atoms with E-state index in [-0.39, 0.29) is 17.1 Å². The summed E-state index contributed by atoms with van der Waals surface area (Å²) >= 11 is 0. The number of nitrogens with one attached hydrogen (secondary N) is 2. The Kier molecular flexibility index (Phi) is 3.14. The highest BCUT2D eigenvalue weighted by molar-refractivity contribution is 5.90. The zero-order chi connectivity index (χ0) is 16.0. The SMILES string of the molecule is CC1(C)Cc2[nH]ncc2CN(C(=O)c2nc3n(n2)CCCN3)C1. The Morgan fingerprint density at radius 2 is 2.26 bits per heavy atom. The molecule has 2 aromatic rings. The summed E-state index contributed by atoms with van der Waals surface area (Å²) < 4.78 is 1.78. The number of fused-ring (bicyclic) bond motifs is 2. The Bertz CT molecular complexity index is 721. The summed E-state index contributed by atoms with van der Waals surface area (Å²) in [4.78, 5) is 19.1. The van der Waals surface area contributed by atoms with Crippen molar-refractivity contribution in [3.05, 3.63) is 23.3 Å². The predicted octanol–water partition coefficient (Wildman–Crippen LogP) is 1.04. The van der Waals surface area contributed by atoms with Crippen molar-refractivity contribution in [3.63, 3.8) is 0 Å². The minimum atomic E-state index is -0.115. The molecular weight excluding hydrogens is 294 g/mol. The molecule has 2 aliphatic heterocycles. The summed E-state index contributed by atoms with van der Waals surface area (Å²) in [5, 5.41) is 14.7. The van der Waals surface area contributed by atoms with E-state index in [0.717, 1.165) is 37.2 Å². The van der Waals surface area contributed by atoms with Gasteiger partial charge in [-0.3, -0.25) is 9.89 Å². The van der Waals surface area contributed by atoms with Gasteiger partial charge in [-0.15, -0.1) is 5.10 Å². The van der Waals surface area contributed by atoms with E-state index in [0.29, 0.717) is 19.0 Å². The topological polar surface area (TPSA) is 91.7 Å². The molecule has 4 rings (SSSR count). The zero-order valence-corrected chi connectivity index (χ0v) is 13.5. The second-order valence-corrected chi connectivity index (χ2v) is 7.14. The fourth-order valence-corrected chi connectivity index (χ4v) is 3.37. The minimum Gasteiger partial charge on any atom is -0.354 e. The normalized spacial score (nSPS) is 19.5. The summed E-state index contributed by atoms with van der Waals surface area (Å²) in [5.41, 5.74) is 2.17. The summed E-state index contributed by atoms with van der Waals surface area (Å²) in [7, 11) is 0. The number of amides is 1. The molecule has 0 aromatic carbocycles. The van der Waals surface area contributed by atoms with Crippen LogP contribution in [0, 0.1) is 5.41 Å². The van der Waals surface area contributed by atoms with Gasteiger partial charge in [-0.1, -0.05) is 13.8 Å². The number of carbonyl (C=O) groups is 1. The summed E-state index contributed by atoms with van der Waals surface area (Å²) in [6.07, 6.45) is 3.68. The molecule has 0 fully saturated rings. The highest BCUT2D eigenvalue weighted by Crippen LogP contribution is 2.29. The average molecular weight is 315 g/mol. The monoisotopic (exact) mass is 315 g/mol. The van der Waals surface area contributed by atoms with E-state index in [2.05, 4.69) is 39.4 Å². The molecule has 122 valence electrons. The van der Waals surface area contributed by atoms with Crippen molar-refractivity contribution in [3.8, 4) is 0 Å². The molecule has 0 saturated carbocycles. The third-order valence-corrected chi connectivity index (χ3v) is 4.42. The number of nitrogens with zero attached hydrogens (tertiary/aromatic N) is 5. The van der Waals surface area contributed by atoms with Gasteiger partial charge < -0.3 is 10.2 Å². The van der Waals surface area contributed by atoms with Gasteiger partial charge in [0.15, 0.2) is 0 Å². The molecule has 2 aliphatic rings. The van der Waals surface area contributed by atoms with Crippen molar-refractivity contribution in [2.45, 2.75) is 39.8 Å². The van der Waals surface area contributed by atoms with Gasteiger partial charge in [0.05, 0.1) is 6.20 Å². The molecule has 0 radical (unpaired) electrons. The van der Waals surface area contributed by atoms with Crippen LogP contribution >= 0.6 is 0 Å². The van der Waals surface area contributed by atoms with Gasteiger partial charge in [-0.25, -0.2) is 4.68 Å². The van der Waals surface area contributed by atoms with Crippen LogP contribution in [-0.2, 0) is 19.5 Å². The van der Waals surface area contributed by atoms with Crippen molar-refractivity contribution in [2.24, 2.45) is 5.41 Å². The molecule has 0 aliphatic carbocycles. The lowest BCUT2D eigenvalue weighted by molar-refractivity contribution is 0.0667. The second kappa shape index (κ2) is 5.07. The number of carbonyl (C=O) groups excluding carboxylic acids is 1. The summed E-state index contributed by atoms with van der Waals surface area (Å²) in [6.45, 7) is 7.23. The molecule has 2 N–H and O–H groups in total. The number of aryl methyl sites for hydroxylation is 1. The highest BCUT2D eigenvalue weighted by atomic mass is 16.2. The minimum absolute atomic E-state index is 0.0228. The Hall–Kier alpha value is -2.38. The number of rotatable bonds is 1. The fourth-order valence-electron chi connectivity index (χ4n) is 3.37. The Labute approximate surface area is 134 Å². The zero-order valence-electron chi connectivity index (χ0n) is 13.5. The number of anilines is 1. The Balaban J connectivity index is 1.63. The molecule has 4 heterocycles. The van der Waals surface area contributed by atoms with Gasteiger partial charge >= 0.3 is 0 Å². The van der Waals surface area contributed by atoms with Gasteiger partial charge in [-0.2, -0.15) is 10.1 Å². The lowest BCUT2D eigenvalue weighted by Crippen LogP contribution is -2.38. The molecule has 23 heavy (non-hydrogen) atoms. The Morgan fingerprint density at radius 1 is 1.39 bits per heavy atom. The molecular formula is C15H21N7O. The van der Waals surface area contributed by atoms with Gasteiger partial charge in [0.1, 0.15) is 0 Å². The maximum Gasteiger partial charge on any atom is 0.293 e. The van der Waals surface area contributed by atoms with Crippen molar-refractivity contribution >= 4 is 11.9 Å². The maximum absolute atomic E-state index is 12.9. The van der Waals surface area contributed by atoms with E-state index in [9.17, 15) is 4.79 Å². The number of hydrogen-bond donors (Lipinski definition) is 2. The molecule has 2 aromatic heterocycles. The van der Waals surface area contributed by atoms with E-state index in [1.54, 1.807) is 4.68 Å². The maximum atomic E-state index is 12.9. The highest BCUT2D eigenvalue weighted by Gasteiger charge is 2.33. The third-order valence-electron chi connectivity index (χ3n) is 4.42. The van der Waals surface area contributed by atoms with E-state index in [4.69, 9.17) is 0 Å². The third kappa shape index (κ3) is 2.58. The molecule has 0 atom stereocenters. The smallest absolute Gasteiger partial charge is 0.293 e. The molecule has 0 saturated heterocycles. The van der Waals surface area contributed by atoms with Crippen LogP contribution in [0.1, 0.15) is 42.1 Å². The van der Waals surface area contributed by atoms with Crippen LogP contribution in [0.2, 0.25) is 0 Å². The van der Waals surface area contributed by atoms with E-state index < -0.39 is 0 Å². The van der Waals surface area contributed by atoms with Crippen LogP contribution in [-0.4, -0.2) is 48.9 Å². The van der Waals surface area contributed by atoms with Crippen LogP contribution < -0.4 is 5.32 Å². The lowest BCUT2D eigenvalue weighted by Gasteiger charge is -2.28. The van der Waals surface area contributed by atoms with Crippen molar-refractivity contribution in [2.75, 3.05) is 18.4 Å². The molecule has 0 unspecified atom stereocenters. The molecule has 0 bridgehead atoms. The first kappa shape index (κ1) is 14.2. The first-order chi connectivity index (χ1) is 11.0. The van der Waals surface area contributed by atoms with Crippen LogP contribution in [0.3, 0.4) is 0 Å². The van der Waals surface area contributed by atoms with Crippen molar-refractivity contribution < 1.29 is 4.79 Å². The second-order valence-electron chi connectivity index (χ2n) is 7.14. The van der Waals surface area contributed by atoms with Crippen LogP contribution in [0.4, 0.5) is 5.95 Å². The number of hydrogen-bond acceptors (Lipinski definition) is 5. The molecule has 1 amide bonds. The van der Waals surface area contributed by atoms with Crippen LogP contribution in [0.15, 0.2) is 6.20 Å². The van der Waals surface area contributed by atoms with Gasteiger partial charge in [0.25, 0.3) is 5.91 Å². The van der Waals surface area contributed by atoms with Crippen molar-refractivity contribution in [1.82, 2.24) is 29.9 Å². The van der Waals surface area contributed by atoms with Crippen LogP contribution in [0.25, 0.3) is 0 Å². The Morgan fingerprint density at radius 3 is 3.09 bits per heavy atom. The van der Waals surface area contributed by atoms with Gasteiger partial charge in [0, 0.05) is 37.4 Å². The standard InChI is InChI=1S/C15H21N7O/c1-15(2)6-11-10(7-17-19-11)8-21(9-15)13(23)12-18-14-16-4-3-5-22(14)20-12/h7H,3-6,8-9H2,1-2H3,(H,17,19)(H,16,18,20). The number of H-pyrrole nitrogens is 1. The number of aromatic amines is 1. The average Bonchev–Trinajstić information content (AvgIpc) is 3.09. The first-order valence-corrected chi connectivity index (χ1v) is 8.01. The largest absolute Gasteiger partial charge is 0.354 e. The van der Waals surface area contributed by atoms with E-state index >= 15 is 0 Å². The predicted molar refractivity (Wildman–Crippen MR) is 83.9 cm³/mol. The lowest BCUT2D eigenvalue weighted by atomic mass is 9.88. The molecule has 0 spiro atoms. The summed E-state index contributed by atoms with van der Waals surface area (Å²) in [5.74, 6) is 0.852. The summed E-state index contributed by atoms with van der Waals surface area (Å²) in [6, 6.07) is 0. The van der Waals surface area contributed by atoms with Crippen LogP contribution in [0.5, 0.6) is 0 Å². The van der Waals surface area contributed by atoms with E-state index in [1.807, 2.05) is 11.1 Å². The molecule has 8 heteroatoms. The quantitative estimate of drug-likeness (QED) is 0.820. The van der Waals surface area contributed by atoms with Crippen molar-refractivity contribution in [1.29, 1.82) is 0 Å². The van der Waals surface area contributed by atoms with Gasteiger partial charge in [-0.05, 0) is 18.3 Å². The fraction of sp³-hybridized carbons (Fsp3) is 0.600. The molecule has 8 nitrogen and oxygen atoms in total. The number of aromatic nitrogens is 5. The van der Waals surface area contributed by atoms with Gasteiger partial charge in [0.2, 0.25) is 11.8 Å². The van der Waals surface area contributed by atoms with E-state index in [1.165, 1.54) is 0 Å². The first-order valence-electron chi connectivity index (χ1n) is 8.01.